The molecule has 1 heterocycles. The van der Waals surface area contributed by atoms with Crippen LogP contribution in [0, 0.1) is 13.8 Å². The van der Waals surface area contributed by atoms with Crippen LogP contribution in [-0.4, -0.2) is 29.0 Å². The van der Waals surface area contributed by atoms with E-state index < -0.39 is 0 Å². The minimum absolute atomic E-state index is 0.176. The summed E-state index contributed by atoms with van der Waals surface area (Å²) in [5, 5.41) is 2.92. The number of amides is 1. The lowest BCUT2D eigenvalue weighted by Crippen LogP contribution is -2.27. The summed E-state index contributed by atoms with van der Waals surface area (Å²) in [6, 6.07) is 9.86. The fourth-order valence-electron chi connectivity index (χ4n) is 2.36. The Balaban J connectivity index is 2.10. The predicted octanol–water partition coefficient (Wildman–Crippen LogP) is 2.87. The number of hydrogen-bond acceptors (Lipinski definition) is 4. The van der Waals surface area contributed by atoms with Crippen LogP contribution in [0.25, 0.3) is 0 Å². The van der Waals surface area contributed by atoms with Crippen LogP contribution >= 0.6 is 0 Å². The van der Waals surface area contributed by atoms with Crippen LogP contribution in [0.4, 0.5) is 5.82 Å². The second kappa shape index (κ2) is 7.72. The summed E-state index contributed by atoms with van der Waals surface area (Å²) in [7, 11) is 0. The molecular formula is C18H24N4O. The third-order valence-corrected chi connectivity index (χ3v) is 3.72. The SMILES string of the molecule is CCN(CC)c1cc(C(=O)NCc2ccc(C)cc2)nc(C)n1. The number of carbonyl (C=O) groups is 1. The molecule has 0 bridgehead atoms. The highest BCUT2D eigenvalue weighted by Gasteiger charge is 2.13. The minimum Gasteiger partial charge on any atom is -0.357 e. The molecule has 0 aliphatic carbocycles. The average molecular weight is 312 g/mol. The van der Waals surface area contributed by atoms with Gasteiger partial charge in [-0.2, -0.15) is 0 Å². The van der Waals surface area contributed by atoms with Crippen LogP contribution in [-0.2, 0) is 6.54 Å². The molecule has 0 saturated carbocycles. The summed E-state index contributed by atoms with van der Waals surface area (Å²) in [6.45, 7) is 10.2. The fourth-order valence-corrected chi connectivity index (χ4v) is 2.36. The molecule has 0 atom stereocenters. The predicted molar refractivity (Wildman–Crippen MR) is 92.7 cm³/mol. The zero-order valence-corrected chi connectivity index (χ0v) is 14.3. The molecular weight excluding hydrogens is 288 g/mol. The van der Waals surface area contributed by atoms with Crippen molar-refractivity contribution in [3.8, 4) is 0 Å². The molecule has 0 saturated heterocycles. The Kier molecular flexibility index (Phi) is 5.68. The number of nitrogens with zero attached hydrogens (tertiary/aromatic N) is 3. The maximum atomic E-state index is 12.4. The van der Waals surface area contributed by atoms with Gasteiger partial charge in [0.2, 0.25) is 0 Å². The lowest BCUT2D eigenvalue weighted by molar-refractivity contribution is 0.0945. The number of nitrogens with one attached hydrogen (secondary N) is 1. The van der Waals surface area contributed by atoms with Crippen LogP contribution in [0.15, 0.2) is 30.3 Å². The molecule has 1 aromatic carbocycles. The molecule has 2 rings (SSSR count). The van der Waals surface area contributed by atoms with E-state index in [0.29, 0.717) is 18.1 Å². The standard InChI is InChI=1S/C18H24N4O/c1-5-22(6-2)17-11-16(20-14(4)21-17)18(23)19-12-15-9-7-13(3)8-10-15/h7-11H,5-6,12H2,1-4H3,(H,19,23). The van der Waals surface area contributed by atoms with E-state index in [0.717, 1.165) is 24.5 Å². The Morgan fingerprint density at radius 1 is 1.09 bits per heavy atom. The third kappa shape index (κ3) is 4.52. The van der Waals surface area contributed by atoms with Gasteiger partial charge in [-0.15, -0.1) is 0 Å². The topological polar surface area (TPSA) is 58.1 Å². The van der Waals surface area contributed by atoms with Gasteiger partial charge in [0.1, 0.15) is 17.3 Å². The largest absolute Gasteiger partial charge is 0.357 e. The zero-order valence-electron chi connectivity index (χ0n) is 14.3. The first-order chi connectivity index (χ1) is 11.0. The van der Waals surface area contributed by atoms with Gasteiger partial charge in [-0.3, -0.25) is 4.79 Å². The molecule has 2 aromatic rings. The molecule has 1 N–H and O–H groups in total. The van der Waals surface area contributed by atoms with Crippen molar-refractivity contribution in [2.24, 2.45) is 0 Å². The molecule has 5 heteroatoms. The first-order valence-electron chi connectivity index (χ1n) is 7.97. The second-order valence-electron chi connectivity index (χ2n) is 5.50. The normalized spacial score (nSPS) is 10.4. The maximum Gasteiger partial charge on any atom is 0.270 e. The summed E-state index contributed by atoms with van der Waals surface area (Å²) in [5.41, 5.74) is 2.68. The minimum atomic E-state index is -0.176. The van der Waals surface area contributed by atoms with Crippen molar-refractivity contribution in [1.82, 2.24) is 15.3 Å². The van der Waals surface area contributed by atoms with E-state index in [1.165, 1.54) is 5.56 Å². The zero-order chi connectivity index (χ0) is 16.8. The number of rotatable bonds is 6. The number of hydrogen-bond donors (Lipinski definition) is 1. The van der Waals surface area contributed by atoms with Gasteiger partial charge in [0.05, 0.1) is 0 Å². The molecule has 0 aliphatic rings. The molecule has 0 spiro atoms. The van der Waals surface area contributed by atoms with Crippen molar-refractivity contribution >= 4 is 11.7 Å². The Morgan fingerprint density at radius 3 is 2.35 bits per heavy atom. The molecule has 0 aliphatic heterocycles. The van der Waals surface area contributed by atoms with Crippen molar-refractivity contribution in [2.75, 3.05) is 18.0 Å². The van der Waals surface area contributed by atoms with E-state index >= 15 is 0 Å². The van der Waals surface area contributed by atoms with Crippen LogP contribution in [0.3, 0.4) is 0 Å². The van der Waals surface area contributed by atoms with E-state index in [-0.39, 0.29) is 5.91 Å². The molecule has 122 valence electrons. The van der Waals surface area contributed by atoms with Crippen LogP contribution in [0.5, 0.6) is 0 Å². The number of anilines is 1. The van der Waals surface area contributed by atoms with E-state index in [4.69, 9.17) is 0 Å². The lowest BCUT2D eigenvalue weighted by atomic mass is 10.1. The van der Waals surface area contributed by atoms with E-state index in [9.17, 15) is 4.79 Å². The van der Waals surface area contributed by atoms with Gasteiger partial charge >= 0.3 is 0 Å². The van der Waals surface area contributed by atoms with Gasteiger partial charge in [0.15, 0.2) is 0 Å². The second-order valence-corrected chi connectivity index (χ2v) is 5.50. The van der Waals surface area contributed by atoms with Gasteiger partial charge in [-0.25, -0.2) is 9.97 Å². The first-order valence-corrected chi connectivity index (χ1v) is 7.97. The monoisotopic (exact) mass is 312 g/mol. The molecule has 1 aromatic heterocycles. The number of aryl methyl sites for hydroxylation is 2. The fraction of sp³-hybridized carbons (Fsp3) is 0.389. The molecule has 0 unspecified atom stereocenters. The smallest absolute Gasteiger partial charge is 0.270 e. The van der Waals surface area contributed by atoms with Gasteiger partial charge in [-0.05, 0) is 33.3 Å². The highest BCUT2D eigenvalue weighted by atomic mass is 16.1. The number of benzene rings is 1. The molecule has 5 nitrogen and oxygen atoms in total. The summed E-state index contributed by atoms with van der Waals surface area (Å²) >= 11 is 0. The highest BCUT2D eigenvalue weighted by Crippen LogP contribution is 2.12. The van der Waals surface area contributed by atoms with Crippen molar-refractivity contribution in [2.45, 2.75) is 34.2 Å². The first kappa shape index (κ1) is 16.9. The Hall–Kier alpha value is -2.43. The summed E-state index contributed by atoms with van der Waals surface area (Å²) in [5.74, 6) is 1.22. The highest BCUT2D eigenvalue weighted by molar-refractivity contribution is 5.92. The lowest BCUT2D eigenvalue weighted by Gasteiger charge is -2.20. The van der Waals surface area contributed by atoms with Crippen molar-refractivity contribution < 1.29 is 4.79 Å². The summed E-state index contributed by atoms with van der Waals surface area (Å²) in [6.07, 6.45) is 0. The maximum absolute atomic E-state index is 12.4. The number of aromatic nitrogens is 2. The van der Waals surface area contributed by atoms with Gasteiger partial charge < -0.3 is 10.2 Å². The van der Waals surface area contributed by atoms with Gasteiger partial charge in [0.25, 0.3) is 5.91 Å². The van der Waals surface area contributed by atoms with E-state index in [2.05, 4.69) is 34.0 Å². The van der Waals surface area contributed by atoms with Gasteiger partial charge in [-0.1, -0.05) is 29.8 Å². The average Bonchev–Trinajstić information content (AvgIpc) is 2.54. The summed E-state index contributed by atoms with van der Waals surface area (Å²) in [4.78, 5) is 23.2. The quantitative estimate of drug-likeness (QED) is 0.891. The van der Waals surface area contributed by atoms with Crippen LogP contribution in [0.2, 0.25) is 0 Å². The molecule has 1 amide bonds. The molecule has 0 radical (unpaired) electrons. The molecule has 0 fully saturated rings. The Labute approximate surface area is 137 Å². The Bertz CT molecular complexity index is 663. The van der Waals surface area contributed by atoms with Crippen LogP contribution in [0.1, 0.15) is 41.3 Å². The van der Waals surface area contributed by atoms with Gasteiger partial charge in [0, 0.05) is 25.7 Å². The van der Waals surface area contributed by atoms with Crippen LogP contribution < -0.4 is 10.2 Å². The summed E-state index contributed by atoms with van der Waals surface area (Å²) < 4.78 is 0. The number of carbonyl (C=O) groups excluding carboxylic acids is 1. The van der Waals surface area contributed by atoms with E-state index in [1.54, 1.807) is 6.07 Å². The van der Waals surface area contributed by atoms with Crippen molar-refractivity contribution in [3.63, 3.8) is 0 Å². The van der Waals surface area contributed by atoms with E-state index in [1.807, 2.05) is 38.1 Å². The third-order valence-electron chi connectivity index (χ3n) is 3.72. The Morgan fingerprint density at radius 2 is 1.74 bits per heavy atom. The van der Waals surface area contributed by atoms with Crippen molar-refractivity contribution in [3.05, 3.63) is 53.0 Å². The van der Waals surface area contributed by atoms with Crippen molar-refractivity contribution in [1.29, 1.82) is 0 Å². The molecule has 23 heavy (non-hydrogen) atoms.